The van der Waals surface area contributed by atoms with Crippen LogP contribution in [0.5, 0.6) is 0 Å². The summed E-state index contributed by atoms with van der Waals surface area (Å²) in [5, 5.41) is 8.84. The molecule has 3 heteroatoms. The summed E-state index contributed by atoms with van der Waals surface area (Å²) in [5.41, 5.74) is 1.87. The number of aliphatic imine (C=N–C) groups is 1. The zero-order chi connectivity index (χ0) is 10.7. The van der Waals surface area contributed by atoms with Crippen LogP contribution >= 0.6 is 0 Å². The van der Waals surface area contributed by atoms with Crippen LogP contribution in [-0.4, -0.2) is 17.3 Å². The highest BCUT2D eigenvalue weighted by molar-refractivity contribution is 5.90. The molecule has 0 aliphatic carbocycles. The van der Waals surface area contributed by atoms with Gasteiger partial charge in [-0.3, -0.25) is 4.99 Å². The van der Waals surface area contributed by atoms with Gasteiger partial charge in [0.25, 0.3) is 0 Å². The van der Waals surface area contributed by atoms with Gasteiger partial charge in [-0.25, -0.2) is 4.79 Å². The largest absolute Gasteiger partial charge is 0.478 e. The Morgan fingerprint density at radius 1 is 1.20 bits per heavy atom. The Morgan fingerprint density at radius 2 is 2.07 bits per heavy atom. The zero-order valence-electron chi connectivity index (χ0n) is 7.92. The Balaban J connectivity index is 2.53. The van der Waals surface area contributed by atoms with E-state index in [4.69, 9.17) is 5.11 Å². The lowest BCUT2D eigenvalue weighted by atomic mass is 10.1. The number of allylic oxidation sites excluding steroid dienone is 3. The summed E-state index contributed by atoms with van der Waals surface area (Å²) >= 11 is 0. The number of carbonyl (C=O) groups is 1. The second kappa shape index (κ2) is 3.92. The zero-order valence-corrected chi connectivity index (χ0v) is 7.92. The molecule has 0 amide bonds. The van der Waals surface area contributed by atoms with Crippen LogP contribution in [0.1, 0.15) is 15.9 Å². The van der Waals surface area contributed by atoms with Gasteiger partial charge in [-0.15, -0.1) is 0 Å². The van der Waals surface area contributed by atoms with Crippen LogP contribution in [-0.2, 0) is 0 Å². The fraction of sp³-hybridized carbons (Fsp3) is 0. The maximum Gasteiger partial charge on any atom is 0.335 e. The number of nitrogens with zero attached hydrogens (tertiary/aromatic N) is 1. The van der Waals surface area contributed by atoms with Crippen LogP contribution < -0.4 is 0 Å². The predicted molar refractivity (Wildman–Crippen MR) is 59.7 cm³/mol. The van der Waals surface area contributed by atoms with Gasteiger partial charge in [0, 0.05) is 11.8 Å². The molecule has 15 heavy (non-hydrogen) atoms. The number of carboxylic acids is 1. The Labute approximate surface area is 87.1 Å². The van der Waals surface area contributed by atoms with Crippen molar-refractivity contribution in [1.82, 2.24) is 0 Å². The van der Waals surface area contributed by atoms with Crippen molar-refractivity contribution in [3.63, 3.8) is 0 Å². The van der Waals surface area contributed by atoms with E-state index in [1.165, 1.54) is 0 Å². The molecule has 2 rings (SSSR count). The molecule has 1 aromatic rings. The van der Waals surface area contributed by atoms with Gasteiger partial charge >= 0.3 is 5.97 Å². The Bertz CT molecular complexity index is 484. The molecule has 3 nitrogen and oxygen atoms in total. The molecule has 0 saturated carbocycles. The fourth-order valence-corrected chi connectivity index (χ4v) is 1.34. The smallest absolute Gasteiger partial charge is 0.335 e. The molecule has 74 valence electrons. The molecule has 1 aromatic carbocycles. The van der Waals surface area contributed by atoms with Gasteiger partial charge < -0.3 is 5.11 Å². The van der Waals surface area contributed by atoms with Crippen molar-refractivity contribution in [3.05, 3.63) is 47.6 Å². The Hall–Kier alpha value is -2.16. The fourth-order valence-electron chi connectivity index (χ4n) is 1.34. The summed E-state index contributed by atoms with van der Waals surface area (Å²) in [6, 6.07) is 4.88. The summed E-state index contributed by atoms with van der Waals surface area (Å²) in [7, 11) is 0. The maximum absolute atomic E-state index is 10.8. The molecule has 1 aliphatic heterocycles. The average molecular weight is 199 g/mol. The topological polar surface area (TPSA) is 49.7 Å². The summed E-state index contributed by atoms with van der Waals surface area (Å²) in [6.07, 6.45) is 9.05. The van der Waals surface area contributed by atoms with Crippen molar-refractivity contribution < 1.29 is 9.90 Å². The number of hydrogen-bond donors (Lipinski definition) is 1. The summed E-state index contributed by atoms with van der Waals surface area (Å²) in [5.74, 6) is -0.923. The van der Waals surface area contributed by atoms with Crippen LogP contribution in [0.3, 0.4) is 0 Å². The molecule has 1 aliphatic rings. The highest BCUT2D eigenvalue weighted by atomic mass is 16.4. The minimum absolute atomic E-state index is 0.276. The third kappa shape index (κ3) is 2.02. The van der Waals surface area contributed by atoms with E-state index in [1.54, 1.807) is 24.4 Å². The van der Waals surface area contributed by atoms with Gasteiger partial charge in [-0.1, -0.05) is 18.2 Å². The van der Waals surface area contributed by atoms with Crippen molar-refractivity contribution in [2.75, 3.05) is 0 Å². The van der Waals surface area contributed by atoms with E-state index in [1.807, 2.05) is 24.3 Å². The maximum atomic E-state index is 10.8. The number of benzene rings is 1. The molecule has 0 unspecified atom stereocenters. The number of fused-ring (bicyclic) bond motifs is 1. The van der Waals surface area contributed by atoms with Crippen molar-refractivity contribution in [2.24, 2.45) is 4.99 Å². The molecule has 0 bridgehead atoms. The summed E-state index contributed by atoms with van der Waals surface area (Å²) in [6.45, 7) is 0. The van der Waals surface area contributed by atoms with Crippen LogP contribution in [0.2, 0.25) is 0 Å². The third-order valence-electron chi connectivity index (χ3n) is 2.07. The van der Waals surface area contributed by atoms with Gasteiger partial charge in [0.15, 0.2) is 0 Å². The molecule has 0 atom stereocenters. The van der Waals surface area contributed by atoms with Crippen LogP contribution in [0.15, 0.2) is 41.4 Å². The van der Waals surface area contributed by atoms with E-state index >= 15 is 0 Å². The minimum atomic E-state index is -0.923. The van der Waals surface area contributed by atoms with Crippen LogP contribution in [0.4, 0.5) is 5.69 Å². The predicted octanol–water partition coefficient (Wildman–Crippen LogP) is 2.67. The molecule has 0 fully saturated rings. The number of aromatic carboxylic acids is 1. The summed E-state index contributed by atoms with van der Waals surface area (Å²) < 4.78 is 0. The van der Waals surface area contributed by atoms with E-state index in [9.17, 15) is 4.79 Å². The van der Waals surface area contributed by atoms with Gasteiger partial charge in [-0.2, -0.15) is 0 Å². The van der Waals surface area contributed by atoms with E-state index in [2.05, 4.69) is 4.99 Å². The van der Waals surface area contributed by atoms with E-state index in [0.717, 1.165) is 11.3 Å². The summed E-state index contributed by atoms with van der Waals surface area (Å²) in [4.78, 5) is 15.0. The molecule has 0 saturated heterocycles. The number of hydrogen-bond acceptors (Lipinski definition) is 2. The molecule has 1 heterocycles. The molecule has 1 N–H and O–H groups in total. The number of carboxylic acid groups (broad SMARTS) is 1. The van der Waals surface area contributed by atoms with Crippen molar-refractivity contribution in [1.29, 1.82) is 0 Å². The van der Waals surface area contributed by atoms with E-state index in [0.29, 0.717) is 0 Å². The third-order valence-corrected chi connectivity index (χ3v) is 2.07. The lowest BCUT2D eigenvalue weighted by molar-refractivity contribution is 0.0697. The lowest BCUT2D eigenvalue weighted by Crippen LogP contribution is -1.96. The lowest BCUT2D eigenvalue weighted by Gasteiger charge is -2.03. The van der Waals surface area contributed by atoms with Gasteiger partial charge in [0.05, 0.1) is 11.3 Å². The molecule has 0 radical (unpaired) electrons. The standard InChI is InChI=1S/C12H9NO2/c14-12(15)10-5-6-11-9(8-10)4-2-1-3-7-13-11/h1-8H,(H,14,15)/b2-1?,3-1-,4-2-,7-3?,9-4?,13-7?,13-11?. The van der Waals surface area contributed by atoms with Gasteiger partial charge in [0.1, 0.15) is 0 Å². The van der Waals surface area contributed by atoms with Gasteiger partial charge in [-0.05, 0) is 24.3 Å². The van der Waals surface area contributed by atoms with Crippen molar-refractivity contribution >= 4 is 23.9 Å². The average Bonchev–Trinajstić information content (AvgIpc) is 2.18. The van der Waals surface area contributed by atoms with Gasteiger partial charge in [0.2, 0.25) is 0 Å². The van der Waals surface area contributed by atoms with Crippen LogP contribution in [0, 0.1) is 0 Å². The van der Waals surface area contributed by atoms with E-state index in [-0.39, 0.29) is 5.56 Å². The molecule has 0 aromatic heterocycles. The first-order valence-electron chi connectivity index (χ1n) is 4.52. The minimum Gasteiger partial charge on any atom is -0.478 e. The quantitative estimate of drug-likeness (QED) is 0.755. The SMILES string of the molecule is O=C(O)c1ccc2c(c1)/C=C\C=C/C=N2. The van der Waals surface area contributed by atoms with Crippen LogP contribution in [0.25, 0.3) is 6.08 Å². The Morgan fingerprint density at radius 3 is 2.87 bits per heavy atom. The van der Waals surface area contributed by atoms with Crippen molar-refractivity contribution in [2.45, 2.75) is 0 Å². The second-order valence-corrected chi connectivity index (χ2v) is 3.10. The molecular weight excluding hydrogens is 190 g/mol. The molecular formula is C12H9NO2. The normalized spacial score (nSPS) is 17.3. The Kier molecular flexibility index (Phi) is 2.46. The number of rotatable bonds is 1. The highest BCUT2D eigenvalue weighted by Crippen LogP contribution is 2.22. The monoisotopic (exact) mass is 199 g/mol. The van der Waals surface area contributed by atoms with E-state index < -0.39 is 5.97 Å². The highest BCUT2D eigenvalue weighted by Gasteiger charge is 2.05. The first kappa shape index (κ1) is 9.40. The molecule has 0 spiro atoms. The second-order valence-electron chi connectivity index (χ2n) is 3.10. The first-order chi connectivity index (χ1) is 7.27. The first-order valence-corrected chi connectivity index (χ1v) is 4.52. The van der Waals surface area contributed by atoms with Crippen molar-refractivity contribution in [3.8, 4) is 0 Å².